The van der Waals surface area contributed by atoms with Gasteiger partial charge in [0.25, 0.3) is 5.91 Å². The molecule has 1 fully saturated rings. The van der Waals surface area contributed by atoms with E-state index < -0.39 is 0 Å². The summed E-state index contributed by atoms with van der Waals surface area (Å²) in [6.07, 6.45) is 5.00. The number of carbonyl (C=O) groups excluding carboxylic acids is 1. The smallest absolute Gasteiger partial charge is 0.255 e. The lowest BCUT2D eigenvalue weighted by molar-refractivity contribution is 0.0723. The number of likely N-dealkylation sites (tertiary alicyclic amines) is 1. The third-order valence-corrected chi connectivity index (χ3v) is 2.98. The van der Waals surface area contributed by atoms with Crippen LogP contribution in [0.5, 0.6) is 0 Å². The number of aromatic nitrogens is 1. The zero-order chi connectivity index (χ0) is 11.5. The molecule has 2 heterocycles. The van der Waals surface area contributed by atoms with E-state index in [1.54, 1.807) is 12.3 Å². The summed E-state index contributed by atoms with van der Waals surface area (Å²) < 4.78 is 0. The molecule has 0 aromatic carbocycles. The number of aryl methyl sites for hydroxylation is 1. The molecule has 86 valence electrons. The van der Waals surface area contributed by atoms with Crippen molar-refractivity contribution in [1.29, 1.82) is 0 Å². The minimum Gasteiger partial charge on any atom is -0.397 e. The van der Waals surface area contributed by atoms with Crippen molar-refractivity contribution in [3.63, 3.8) is 0 Å². The first kappa shape index (κ1) is 10.9. The molecule has 0 aliphatic carbocycles. The fourth-order valence-corrected chi connectivity index (χ4v) is 2.03. The summed E-state index contributed by atoms with van der Waals surface area (Å²) in [6, 6.07) is 1.72. The zero-order valence-electron chi connectivity index (χ0n) is 9.57. The molecule has 16 heavy (non-hydrogen) atoms. The minimum absolute atomic E-state index is 0.0667. The van der Waals surface area contributed by atoms with E-state index in [1.807, 2.05) is 11.8 Å². The molecule has 0 bridgehead atoms. The summed E-state index contributed by atoms with van der Waals surface area (Å²) >= 11 is 0. The highest BCUT2D eigenvalue weighted by Crippen LogP contribution is 2.16. The zero-order valence-corrected chi connectivity index (χ0v) is 9.57. The van der Waals surface area contributed by atoms with E-state index in [4.69, 9.17) is 5.73 Å². The highest BCUT2D eigenvalue weighted by Gasteiger charge is 2.20. The molecule has 0 radical (unpaired) electrons. The maximum absolute atomic E-state index is 12.2. The van der Waals surface area contributed by atoms with Gasteiger partial charge in [-0.15, -0.1) is 0 Å². The first-order valence-electron chi connectivity index (χ1n) is 5.70. The first-order chi connectivity index (χ1) is 7.68. The molecule has 0 atom stereocenters. The number of hydrogen-bond acceptors (Lipinski definition) is 3. The summed E-state index contributed by atoms with van der Waals surface area (Å²) in [4.78, 5) is 18.2. The van der Waals surface area contributed by atoms with Crippen LogP contribution in [0.2, 0.25) is 0 Å². The Labute approximate surface area is 95.5 Å². The molecule has 2 N–H and O–H groups in total. The molecular weight excluding hydrogens is 202 g/mol. The van der Waals surface area contributed by atoms with Crippen molar-refractivity contribution in [1.82, 2.24) is 9.88 Å². The van der Waals surface area contributed by atoms with E-state index in [0.29, 0.717) is 11.3 Å². The normalized spacial score (nSPS) is 16.2. The Balaban J connectivity index is 2.22. The van der Waals surface area contributed by atoms with Crippen LogP contribution >= 0.6 is 0 Å². The van der Waals surface area contributed by atoms with Crippen molar-refractivity contribution < 1.29 is 4.79 Å². The van der Waals surface area contributed by atoms with Crippen LogP contribution in [0, 0.1) is 6.92 Å². The Morgan fingerprint density at radius 1 is 1.38 bits per heavy atom. The number of pyridine rings is 1. The molecular formula is C12H17N3O. The number of carbonyl (C=O) groups is 1. The van der Waals surface area contributed by atoms with Crippen LogP contribution in [-0.2, 0) is 0 Å². The van der Waals surface area contributed by atoms with Crippen LogP contribution < -0.4 is 5.73 Å². The van der Waals surface area contributed by atoms with Gasteiger partial charge in [0.15, 0.2) is 0 Å². The number of piperidine rings is 1. The van der Waals surface area contributed by atoms with Gasteiger partial charge in [-0.2, -0.15) is 0 Å². The second kappa shape index (κ2) is 4.51. The van der Waals surface area contributed by atoms with E-state index in [1.165, 1.54) is 6.42 Å². The SMILES string of the molecule is Cc1ncc(N)cc1C(=O)N1CCCCC1. The average Bonchev–Trinajstić information content (AvgIpc) is 2.32. The fourth-order valence-electron chi connectivity index (χ4n) is 2.03. The van der Waals surface area contributed by atoms with Crippen LogP contribution in [0.15, 0.2) is 12.3 Å². The largest absolute Gasteiger partial charge is 0.397 e. The predicted molar refractivity (Wildman–Crippen MR) is 63.1 cm³/mol. The quantitative estimate of drug-likeness (QED) is 0.780. The Morgan fingerprint density at radius 3 is 2.75 bits per heavy atom. The van der Waals surface area contributed by atoms with Crippen molar-refractivity contribution in [2.45, 2.75) is 26.2 Å². The Bertz CT molecular complexity index is 397. The second-order valence-electron chi connectivity index (χ2n) is 4.25. The van der Waals surface area contributed by atoms with Crippen LogP contribution in [0.25, 0.3) is 0 Å². The van der Waals surface area contributed by atoms with Gasteiger partial charge in [0.05, 0.1) is 23.1 Å². The summed E-state index contributed by atoms with van der Waals surface area (Å²) in [5.74, 6) is 0.0667. The van der Waals surface area contributed by atoms with Crippen molar-refractivity contribution in [3.8, 4) is 0 Å². The summed E-state index contributed by atoms with van der Waals surface area (Å²) in [7, 11) is 0. The summed E-state index contributed by atoms with van der Waals surface area (Å²) in [5, 5.41) is 0. The van der Waals surface area contributed by atoms with Gasteiger partial charge in [-0.3, -0.25) is 9.78 Å². The topological polar surface area (TPSA) is 59.2 Å². The third kappa shape index (κ3) is 2.15. The first-order valence-corrected chi connectivity index (χ1v) is 5.70. The molecule has 1 aromatic heterocycles. The Kier molecular flexibility index (Phi) is 3.08. The molecule has 2 rings (SSSR count). The molecule has 0 unspecified atom stereocenters. The van der Waals surface area contributed by atoms with Gasteiger partial charge in [-0.25, -0.2) is 0 Å². The number of nitrogens with zero attached hydrogens (tertiary/aromatic N) is 2. The Morgan fingerprint density at radius 2 is 2.06 bits per heavy atom. The lowest BCUT2D eigenvalue weighted by Gasteiger charge is -2.27. The van der Waals surface area contributed by atoms with Gasteiger partial charge in [0.1, 0.15) is 0 Å². The molecule has 4 heteroatoms. The summed E-state index contributed by atoms with van der Waals surface area (Å²) in [6.45, 7) is 3.55. The van der Waals surface area contributed by atoms with Crippen LogP contribution in [-0.4, -0.2) is 28.9 Å². The fraction of sp³-hybridized carbons (Fsp3) is 0.500. The number of nitrogen functional groups attached to an aromatic ring is 1. The van der Waals surface area contributed by atoms with Gasteiger partial charge < -0.3 is 10.6 Å². The second-order valence-corrected chi connectivity index (χ2v) is 4.25. The maximum atomic E-state index is 12.2. The van der Waals surface area contributed by atoms with E-state index in [9.17, 15) is 4.79 Å². The van der Waals surface area contributed by atoms with Gasteiger partial charge in [0.2, 0.25) is 0 Å². The summed E-state index contributed by atoms with van der Waals surface area (Å²) in [5.41, 5.74) is 7.60. The number of rotatable bonds is 1. The minimum atomic E-state index is 0.0667. The van der Waals surface area contributed by atoms with E-state index in [2.05, 4.69) is 4.98 Å². The lowest BCUT2D eigenvalue weighted by atomic mass is 10.1. The highest BCUT2D eigenvalue weighted by molar-refractivity contribution is 5.96. The van der Waals surface area contributed by atoms with Gasteiger partial charge in [-0.1, -0.05) is 0 Å². The monoisotopic (exact) mass is 219 g/mol. The Hall–Kier alpha value is -1.58. The predicted octanol–water partition coefficient (Wildman–Crippen LogP) is 1.60. The molecule has 1 saturated heterocycles. The van der Waals surface area contributed by atoms with E-state index >= 15 is 0 Å². The lowest BCUT2D eigenvalue weighted by Crippen LogP contribution is -2.36. The third-order valence-electron chi connectivity index (χ3n) is 2.98. The molecule has 0 saturated carbocycles. The number of anilines is 1. The van der Waals surface area contributed by atoms with Crippen molar-refractivity contribution in [3.05, 3.63) is 23.5 Å². The van der Waals surface area contributed by atoms with Gasteiger partial charge in [0, 0.05) is 13.1 Å². The van der Waals surface area contributed by atoms with Crippen molar-refractivity contribution in [2.24, 2.45) is 0 Å². The number of nitrogens with two attached hydrogens (primary N) is 1. The van der Waals surface area contributed by atoms with Gasteiger partial charge in [-0.05, 0) is 32.3 Å². The van der Waals surface area contributed by atoms with Gasteiger partial charge >= 0.3 is 0 Å². The van der Waals surface area contributed by atoms with Crippen LogP contribution in [0.3, 0.4) is 0 Å². The van der Waals surface area contributed by atoms with E-state index in [-0.39, 0.29) is 5.91 Å². The number of amides is 1. The number of hydrogen-bond donors (Lipinski definition) is 1. The molecule has 1 aliphatic rings. The molecule has 1 aromatic rings. The average molecular weight is 219 g/mol. The van der Waals surface area contributed by atoms with E-state index in [0.717, 1.165) is 31.6 Å². The molecule has 1 amide bonds. The molecule has 1 aliphatic heterocycles. The van der Waals surface area contributed by atoms with Crippen molar-refractivity contribution >= 4 is 11.6 Å². The van der Waals surface area contributed by atoms with Crippen molar-refractivity contribution in [2.75, 3.05) is 18.8 Å². The van der Waals surface area contributed by atoms with Crippen LogP contribution in [0.4, 0.5) is 5.69 Å². The molecule has 0 spiro atoms. The van der Waals surface area contributed by atoms with Crippen LogP contribution in [0.1, 0.15) is 35.3 Å². The highest BCUT2D eigenvalue weighted by atomic mass is 16.2. The molecule has 4 nitrogen and oxygen atoms in total. The standard InChI is InChI=1S/C12H17N3O/c1-9-11(7-10(13)8-14-9)12(16)15-5-3-2-4-6-15/h7-8H,2-6,13H2,1H3. The maximum Gasteiger partial charge on any atom is 0.255 e.